The minimum atomic E-state index is -1.33. The van der Waals surface area contributed by atoms with Gasteiger partial charge in [0.1, 0.15) is 17.7 Å². The SMILES string of the molecule is CCOC(=O)[C@H](NCc1ccc(CNC(=O)Nc2ccccc2)cc1)[C@H](O)[C@H](Cc1ccccc1)NC(=O)OC(C)(C)C. The van der Waals surface area contributed by atoms with Gasteiger partial charge in [-0.2, -0.15) is 0 Å². The van der Waals surface area contributed by atoms with E-state index in [4.69, 9.17) is 9.47 Å². The van der Waals surface area contributed by atoms with Crippen molar-refractivity contribution in [3.05, 3.63) is 102 Å². The zero-order chi connectivity index (χ0) is 31.2. The zero-order valence-electron chi connectivity index (χ0n) is 25.1. The molecule has 0 aliphatic heterocycles. The van der Waals surface area contributed by atoms with Crippen molar-refractivity contribution < 1.29 is 29.0 Å². The third-order valence-corrected chi connectivity index (χ3v) is 6.33. The molecule has 0 heterocycles. The van der Waals surface area contributed by atoms with Crippen LogP contribution in [0.4, 0.5) is 15.3 Å². The van der Waals surface area contributed by atoms with Crippen molar-refractivity contribution in [1.29, 1.82) is 0 Å². The lowest BCUT2D eigenvalue weighted by Crippen LogP contribution is -2.57. The van der Waals surface area contributed by atoms with Crippen LogP contribution in [0.25, 0.3) is 0 Å². The molecule has 10 nitrogen and oxygen atoms in total. The van der Waals surface area contributed by atoms with Crippen LogP contribution < -0.4 is 21.3 Å². The number of ether oxygens (including phenoxy) is 2. The van der Waals surface area contributed by atoms with Crippen molar-refractivity contribution in [2.24, 2.45) is 0 Å². The maximum atomic E-state index is 13.0. The van der Waals surface area contributed by atoms with Gasteiger partial charge in [-0.25, -0.2) is 9.59 Å². The summed E-state index contributed by atoms with van der Waals surface area (Å²) < 4.78 is 10.7. The summed E-state index contributed by atoms with van der Waals surface area (Å²) in [7, 11) is 0. The highest BCUT2D eigenvalue weighted by Gasteiger charge is 2.35. The summed E-state index contributed by atoms with van der Waals surface area (Å²) in [6.45, 7) is 7.64. The Hall–Kier alpha value is -4.41. The van der Waals surface area contributed by atoms with Gasteiger partial charge in [0.15, 0.2) is 0 Å². The molecule has 230 valence electrons. The van der Waals surface area contributed by atoms with Crippen molar-refractivity contribution >= 4 is 23.8 Å². The largest absolute Gasteiger partial charge is 0.465 e. The number of esters is 1. The third-order valence-electron chi connectivity index (χ3n) is 6.33. The van der Waals surface area contributed by atoms with Crippen LogP contribution in [-0.2, 0) is 33.8 Å². The lowest BCUT2D eigenvalue weighted by Gasteiger charge is -2.31. The van der Waals surface area contributed by atoms with Gasteiger partial charge in [-0.05, 0) is 62.9 Å². The number of urea groups is 1. The molecule has 5 N–H and O–H groups in total. The van der Waals surface area contributed by atoms with Gasteiger partial charge >= 0.3 is 18.1 Å². The first kappa shape index (κ1) is 33.1. The standard InChI is InChI=1S/C33H42N4O6/c1-5-42-30(39)28(29(38)27(20-23-12-8-6-9-13-23)37-32(41)43-33(2,3)4)34-21-24-16-18-25(19-17-24)22-35-31(40)36-26-14-10-7-11-15-26/h6-19,27-29,34,38H,5,20-22H2,1-4H3,(H,37,41)(H2,35,36,40)/t27-,28+,29+/m0/s1. The Morgan fingerprint density at radius 2 is 1.40 bits per heavy atom. The number of aliphatic hydroxyl groups is 1. The molecule has 0 bridgehead atoms. The fourth-order valence-corrected chi connectivity index (χ4v) is 4.27. The van der Waals surface area contributed by atoms with E-state index in [1.807, 2.05) is 72.8 Å². The number of carbonyl (C=O) groups is 3. The molecule has 43 heavy (non-hydrogen) atoms. The van der Waals surface area contributed by atoms with Crippen LogP contribution in [0.2, 0.25) is 0 Å². The van der Waals surface area contributed by atoms with E-state index in [1.165, 1.54) is 0 Å². The Morgan fingerprint density at radius 3 is 1.98 bits per heavy atom. The molecule has 3 aromatic carbocycles. The average molecular weight is 591 g/mol. The van der Waals surface area contributed by atoms with Crippen LogP contribution in [-0.4, -0.2) is 53.6 Å². The molecule has 0 aliphatic carbocycles. The lowest BCUT2D eigenvalue weighted by atomic mass is 9.96. The predicted octanol–water partition coefficient (Wildman–Crippen LogP) is 4.53. The molecular weight excluding hydrogens is 548 g/mol. The highest BCUT2D eigenvalue weighted by atomic mass is 16.6. The molecule has 0 saturated heterocycles. The number of hydrogen-bond acceptors (Lipinski definition) is 7. The molecule has 3 rings (SSSR count). The average Bonchev–Trinajstić information content (AvgIpc) is 2.96. The Labute approximate surface area is 253 Å². The van der Waals surface area contributed by atoms with Crippen LogP contribution in [0.1, 0.15) is 44.4 Å². The molecule has 0 spiro atoms. The summed E-state index contributed by atoms with van der Waals surface area (Å²) in [5.74, 6) is -0.635. The van der Waals surface area contributed by atoms with E-state index < -0.39 is 35.9 Å². The summed E-state index contributed by atoms with van der Waals surface area (Å²) in [5.41, 5.74) is 2.56. The highest BCUT2D eigenvalue weighted by molar-refractivity contribution is 5.89. The van der Waals surface area contributed by atoms with E-state index in [9.17, 15) is 19.5 Å². The second-order valence-electron chi connectivity index (χ2n) is 11.0. The smallest absolute Gasteiger partial charge is 0.407 e. The number of benzene rings is 3. The van der Waals surface area contributed by atoms with E-state index in [-0.39, 0.29) is 25.6 Å². The van der Waals surface area contributed by atoms with E-state index >= 15 is 0 Å². The van der Waals surface area contributed by atoms with Crippen molar-refractivity contribution in [2.75, 3.05) is 11.9 Å². The molecule has 0 fully saturated rings. The quantitative estimate of drug-likeness (QED) is 0.185. The number of aliphatic hydroxyl groups excluding tert-OH is 1. The van der Waals surface area contributed by atoms with Gasteiger partial charge < -0.3 is 30.5 Å². The number of hydrogen-bond donors (Lipinski definition) is 5. The van der Waals surface area contributed by atoms with Gasteiger partial charge in [-0.3, -0.25) is 10.1 Å². The number of rotatable bonds is 13. The minimum Gasteiger partial charge on any atom is -0.465 e. The van der Waals surface area contributed by atoms with Crippen LogP contribution in [0, 0.1) is 0 Å². The van der Waals surface area contributed by atoms with E-state index in [0.717, 1.165) is 16.7 Å². The molecule has 3 amide bonds. The summed E-state index contributed by atoms with van der Waals surface area (Å²) >= 11 is 0. The fourth-order valence-electron chi connectivity index (χ4n) is 4.27. The van der Waals surface area contributed by atoms with Gasteiger partial charge in [0.2, 0.25) is 0 Å². The van der Waals surface area contributed by atoms with E-state index in [0.29, 0.717) is 12.2 Å². The topological polar surface area (TPSA) is 138 Å². The van der Waals surface area contributed by atoms with Crippen molar-refractivity contribution in [1.82, 2.24) is 16.0 Å². The van der Waals surface area contributed by atoms with Crippen molar-refractivity contribution in [2.45, 2.75) is 71.0 Å². The molecule has 0 aromatic heterocycles. The molecule has 3 aromatic rings. The molecule has 10 heteroatoms. The Kier molecular flexibility index (Phi) is 12.5. The highest BCUT2D eigenvalue weighted by Crippen LogP contribution is 2.14. The number of alkyl carbamates (subject to hydrolysis) is 1. The summed E-state index contributed by atoms with van der Waals surface area (Å²) in [6, 6.07) is 23.7. The number of amides is 3. The maximum absolute atomic E-state index is 13.0. The lowest BCUT2D eigenvalue weighted by molar-refractivity contribution is -0.149. The van der Waals surface area contributed by atoms with Crippen molar-refractivity contribution in [3.63, 3.8) is 0 Å². The van der Waals surface area contributed by atoms with Crippen LogP contribution in [0.5, 0.6) is 0 Å². The molecule has 3 atom stereocenters. The Balaban J connectivity index is 1.66. The van der Waals surface area contributed by atoms with Crippen LogP contribution >= 0.6 is 0 Å². The summed E-state index contributed by atoms with van der Waals surface area (Å²) in [6.07, 6.45) is -1.77. The van der Waals surface area contributed by atoms with Crippen LogP contribution in [0.3, 0.4) is 0 Å². The molecule has 0 unspecified atom stereocenters. The molecular formula is C33H42N4O6. The minimum absolute atomic E-state index is 0.131. The Bertz CT molecular complexity index is 1300. The summed E-state index contributed by atoms with van der Waals surface area (Å²) in [5, 5.41) is 22.9. The number of para-hydroxylation sites is 1. The normalized spacial score (nSPS) is 13.2. The van der Waals surface area contributed by atoms with E-state index in [1.54, 1.807) is 39.8 Å². The second-order valence-corrected chi connectivity index (χ2v) is 11.0. The number of anilines is 1. The first-order valence-electron chi connectivity index (χ1n) is 14.3. The fraction of sp³-hybridized carbons (Fsp3) is 0.364. The van der Waals surface area contributed by atoms with Gasteiger partial charge in [0, 0.05) is 18.8 Å². The maximum Gasteiger partial charge on any atom is 0.407 e. The monoisotopic (exact) mass is 590 g/mol. The van der Waals surface area contributed by atoms with Gasteiger partial charge in [-0.15, -0.1) is 0 Å². The summed E-state index contributed by atoms with van der Waals surface area (Å²) in [4.78, 5) is 37.8. The van der Waals surface area contributed by atoms with Gasteiger partial charge in [0.25, 0.3) is 0 Å². The second kappa shape index (κ2) is 16.3. The van der Waals surface area contributed by atoms with Crippen LogP contribution in [0.15, 0.2) is 84.9 Å². The first-order chi connectivity index (χ1) is 20.5. The number of carbonyl (C=O) groups excluding carboxylic acids is 3. The zero-order valence-corrected chi connectivity index (χ0v) is 25.1. The molecule has 0 saturated carbocycles. The van der Waals surface area contributed by atoms with Crippen molar-refractivity contribution in [3.8, 4) is 0 Å². The predicted molar refractivity (Wildman–Crippen MR) is 165 cm³/mol. The Morgan fingerprint density at radius 1 is 0.814 bits per heavy atom. The number of nitrogens with one attached hydrogen (secondary N) is 4. The molecule has 0 radical (unpaired) electrons. The first-order valence-corrected chi connectivity index (χ1v) is 14.3. The van der Waals surface area contributed by atoms with Gasteiger partial charge in [-0.1, -0.05) is 72.8 Å². The van der Waals surface area contributed by atoms with E-state index in [2.05, 4.69) is 21.3 Å². The van der Waals surface area contributed by atoms with Gasteiger partial charge in [0.05, 0.1) is 12.6 Å². The third kappa shape index (κ3) is 11.8. The molecule has 0 aliphatic rings.